The molecule has 2 atom stereocenters. The van der Waals surface area contributed by atoms with E-state index in [-0.39, 0.29) is 17.4 Å². The molecule has 0 bridgehead atoms. The zero-order chi connectivity index (χ0) is 25.1. The average molecular weight is 479 g/mol. The number of fused-ring (bicyclic) bond motifs is 1. The third kappa shape index (κ3) is 5.20. The maximum atomic E-state index is 13.2. The van der Waals surface area contributed by atoms with Crippen LogP contribution in [0.15, 0.2) is 48.0 Å². The standard InChI is InChI=1S/C28H34N2O5/c1-5-15-34-22-10-7-19(8-11-22)25-24(27(32)28(33)30(25)14-6-13-29(3)4)26(31)20-9-12-23-21(17-20)16-18(2)35-23/h7-12,17-18,25,31H,5-6,13-16H2,1-4H3. The highest BCUT2D eigenvalue weighted by Crippen LogP contribution is 2.41. The minimum absolute atomic E-state index is 0.0677. The molecule has 0 aromatic heterocycles. The van der Waals surface area contributed by atoms with Crippen LogP contribution in [0.5, 0.6) is 11.5 Å². The third-order valence-electron chi connectivity index (χ3n) is 6.38. The van der Waals surface area contributed by atoms with Gasteiger partial charge in [-0.15, -0.1) is 0 Å². The number of nitrogens with zero attached hydrogens (tertiary/aromatic N) is 2. The lowest BCUT2D eigenvalue weighted by Gasteiger charge is -2.26. The van der Waals surface area contributed by atoms with E-state index in [0.29, 0.717) is 25.1 Å². The van der Waals surface area contributed by atoms with Crippen molar-refractivity contribution in [3.8, 4) is 11.5 Å². The Labute approximate surface area is 206 Å². The van der Waals surface area contributed by atoms with Gasteiger partial charge < -0.3 is 24.4 Å². The van der Waals surface area contributed by atoms with Crippen molar-refractivity contribution in [2.45, 2.75) is 45.3 Å². The van der Waals surface area contributed by atoms with Gasteiger partial charge in [0.2, 0.25) is 0 Å². The van der Waals surface area contributed by atoms with E-state index in [1.807, 2.05) is 69.2 Å². The van der Waals surface area contributed by atoms with Crippen LogP contribution in [0, 0.1) is 0 Å². The van der Waals surface area contributed by atoms with Gasteiger partial charge in [0.1, 0.15) is 23.4 Å². The molecule has 1 amide bonds. The highest BCUT2D eigenvalue weighted by atomic mass is 16.5. The van der Waals surface area contributed by atoms with Crippen LogP contribution in [0.4, 0.5) is 0 Å². The second-order valence-corrected chi connectivity index (χ2v) is 9.52. The largest absolute Gasteiger partial charge is 0.507 e. The molecule has 4 rings (SSSR count). The van der Waals surface area contributed by atoms with E-state index in [0.717, 1.165) is 42.0 Å². The van der Waals surface area contributed by atoms with Crippen LogP contribution in [0.25, 0.3) is 5.76 Å². The molecule has 0 saturated carbocycles. The maximum absolute atomic E-state index is 13.2. The Kier molecular flexibility index (Phi) is 7.45. The van der Waals surface area contributed by atoms with Gasteiger partial charge in [-0.1, -0.05) is 19.1 Å². The molecule has 2 unspecified atom stereocenters. The summed E-state index contributed by atoms with van der Waals surface area (Å²) < 4.78 is 11.5. The Bertz CT molecular complexity index is 1120. The van der Waals surface area contributed by atoms with Gasteiger partial charge in [-0.2, -0.15) is 0 Å². The van der Waals surface area contributed by atoms with Crippen LogP contribution in [0.3, 0.4) is 0 Å². The van der Waals surface area contributed by atoms with Crippen LogP contribution in [0.2, 0.25) is 0 Å². The summed E-state index contributed by atoms with van der Waals surface area (Å²) in [5.74, 6) is 0.121. The number of benzene rings is 2. The summed E-state index contributed by atoms with van der Waals surface area (Å²) in [5, 5.41) is 11.3. The van der Waals surface area contributed by atoms with Crippen molar-refractivity contribution in [1.82, 2.24) is 9.80 Å². The SMILES string of the molecule is CCCOc1ccc(C2C(=C(O)c3ccc4c(c3)CC(C)O4)C(=O)C(=O)N2CCCN(C)C)cc1. The molecule has 2 aromatic carbocycles. The Morgan fingerprint density at radius 1 is 1.17 bits per heavy atom. The Morgan fingerprint density at radius 3 is 2.60 bits per heavy atom. The summed E-state index contributed by atoms with van der Waals surface area (Å²) in [6.45, 7) is 5.84. The van der Waals surface area contributed by atoms with Crippen molar-refractivity contribution in [3.05, 3.63) is 64.7 Å². The number of rotatable bonds is 9. The summed E-state index contributed by atoms with van der Waals surface area (Å²) in [4.78, 5) is 30.0. The molecule has 1 saturated heterocycles. The lowest BCUT2D eigenvalue weighted by Crippen LogP contribution is -2.32. The molecule has 2 aliphatic heterocycles. The molecule has 2 heterocycles. The van der Waals surface area contributed by atoms with Crippen molar-refractivity contribution in [2.24, 2.45) is 0 Å². The van der Waals surface area contributed by atoms with Crippen molar-refractivity contribution in [1.29, 1.82) is 0 Å². The van der Waals surface area contributed by atoms with Gasteiger partial charge >= 0.3 is 0 Å². The van der Waals surface area contributed by atoms with Gasteiger partial charge in [-0.3, -0.25) is 9.59 Å². The molecule has 0 radical (unpaired) electrons. The second-order valence-electron chi connectivity index (χ2n) is 9.52. The summed E-state index contributed by atoms with van der Waals surface area (Å²) >= 11 is 0. The summed E-state index contributed by atoms with van der Waals surface area (Å²) in [6.07, 6.45) is 2.41. The Balaban J connectivity index is 1.74. The minimum atomic E-state index is -0.666. The number of carbonyl (C=O) groups is 2. The summed E-state index contributed by atoms with van der Waals surface area (Å²) in [5.41, 5.74) is 2.38. The molecule has 2 aromatic rings. The van der Waals surface area contributed by atoms with E-state index >= 15 is 0 Å². The number of carbonyl (C=O) groups excluding carboxylic acids is 2. The smallest absolute Gasteiger partial charge is 0.295 e. The molecule has 0 spiro atoms. The Morgan fingerprint density at radius 2 is 1.91 bits per heavy atom. The first-order valence-corrected chi connectivity index (χ1v) is 12.3. The monoisotopic (exact) mass is 478 g/mol. The van der Waals surface area contributed by atoms with Gasteiger partial charge in [-0.25, -0.2) is 0 Å². The van der Waals surface area contributed by atoms with Gasteiger partial charge in [0.25, 0.3) is 11.7 Å². The molecule has 7 nitrogen and oxygen atoms in total. The lowest BCUT2D eigenvalue weighted by molar-refractivity contribution is -0.139. The number of aliphatic hydroxyl groups is 1. The topological polar surface area (TPSA) is 79.3 Å². The lowest BCUT2D eigenvalue weighted by atomic mass is 9.94. The van der Waals surface area contributed by atoms with E-state index in [9.17, 15) is 14.7 Å². The number of hydrogen-bond acceptors (Lipinski definition) is 6. The number of amides is 1. The normalized spacial score (nSPS) is 20.9. The van der Waals surface area contributed by atoms with Crippen LogP contribution >= 0.6 is 0 Å². The Hall–Kier alpha value is -3.32. The molecule has 7 heteroatoms. The fraction of sp³-hybridized carbons (Fsp3) is 0.429. The predicted molar refractivity (Wildman–Crippen MR) is 135 cm³/mol. The van der Waals surface area contributed by atoms with Crippen molar-refractivity contribution < 1.29 is 24.2 Å². The number of hydrogen-bond donors (Lipinski definition) is 1. The van der Waals surface area contributed by atoms with E-state index in [4.69, 9.17) is 9.47 Å². The van der Waals surface area contributed by atoms with Crippen LogP contribution in [0.1, 0.15) is 49.4 Å². The zero-order valence-corrected chi connectivity index (χ0v) is 20.9. The molecule has 0 aliphatic carbocycles. The molecule has 1 fully saturated rings. The van der Waals surface area contributed by atoms with Gasteiger partial charge in [0, 0.05) is 18.5 Å². The quantitative estimate of drug-likeness (QED) is 0.331. The first-order chi connectivity index (χ1) is 16.8. The average Bonchev–Trinajstić information content (AvgIpc) is 3.33. The van der Waals surface area contributed by atoms with Crippen LogP contribution < -0.4 is 9.47 Å². The highest BCUT2D eigenvalue weighted by Gasteiger charge is 2.45. The molecule has 1 N–H and O–H groups in total. The first kappa shape index (κ1) is 24.8. The predicted octanol–water partition coefficient (Wildman–Crippen LogP) is 4.17. The summed E-state index contributed by atoms with van der Waals surface area (Å²) in [7, 11) is 3.94. The van der Waals surface area contributed by atoms with Crippen molar-refractivity contribution in [3.63, 3.8) is 0 Å². The second kappa shape index (κ2) is 10.5. The molecule has 186 valence electrons. The fourth-order valence-electron chi connectivity index (χ4n) is 4.71. The van der Waals surface area contributed by atoms with E-state index in [2.05, 4.69) is 0 Å². The molecule has 2 aliphatic rings. The van der Waals surface area contributed by atoms with Crippen molar-refractivity contribution in [2.75, 3.05) is 33.8 Å². The van der Waals surface area contributed by atoms with Gasteiger partial charge in [0.15, 0.2) is 0 Å². The number of ketones is 1. The van der Waals surface area contributed by atoms with Crippen LogP contribution in [-0.2, 0) is 16.0 Å². The van der Waals surface area contributed by atoms with Gasteiger partial charge in [-0.05, 0) is 81.9 Å². The van der Waals surface area contributed by atoms with Crippen molar-refractivity contribution >= 4 is 17.4 Å². The van der Waals surface area contributed by atoms with Crippen LogP contribution in [-0.4, -0.2) is 66.5 Å². The zero-order valence-electron chi connectivity index (χ0n) is 20.9. The number of Topliss-reactive ketones (excluding diaryl/α,β-unsaturated/α-hetero) is 1. The number of ether oxygens (including phenoxy) is 2. The van der Waals surface area contributed by atoms with E-state index in [1.54, 1.807) is 11.0 Å². The third-order valence-corrected chi connectivity index (χ3v) is 6.38. The minimum Gasteiger partial charge on any atom is -0.507 e. The number of aliphatic hydroxyl groups excluding tert-OH is 1. The molecule has 35 heavy (non-hydrogen) atoms. The van der Waals surface area contributed by atoms with E-state index in [1.165, 1.54) is 0 Å². The summed E-state index contributed by atoms with van der Waals surface area (Å²) in [6, 6.07) is 12.2. The highest BCUT2D eigenvalue weighted by molar-refractivity contribution is 6.46. The van der Waals surface area contributed by atoms with Gasteiger partial charge in [0.05, 0.1) is 18.2 Å². The first-order valence-electron chi connectivity index (χ1n) is 12.3. The van der Waals surface area contributed by atoms with E-state index < -0.39 is 17.7 Å². The number of likely N-dealkylation sites (tertiary alicyclic amines) is 1. The maximum Gasteiger partial charge on any atom is 0.295 e. The molecular formula is C28H34N2O5. The molecular weight excluding hydrogens is 444 g/mol. The fourth-order valence-corrected chi connectivity index (χ4v) is 4.71.